The Balaban J connectivity index is 3.03. The molecule has 0 fully saturated rings. The van der Waals surface area contributed by atoms with Gasteiger partial charge in [0.1, 0.15) is 17.2 Å². The molecule has 0 atom stereocenters. The first-order chi connectivity index (χ1) is 7.56. The Morgan fingerprint density at radius 2 is 2.44 bits per heavy atom. The fourth-order valence-electron chi connectivity index (χ4n) is 1.23. The maximum Gasteiger partial charge on any atom is 0.339 e. The first-order valence-electron chi connectivity index (χ1n) is 4.59. The molecule has 5 heteroatoms. The maximum atomic E-state index is 12.8. The highest BCUT2D eigenvalue weighted by Gasteiger charge is 2.15. The van der Waals surface area contributed by atoms with E-state index in [1.807, 2.05) is 0 Å². The van der Waals surface area contributed by atoms with E-state index in [0.29, 0.717) is 13.0 Å². The molecular formula is C11H11FN2O2. The molecule has 0 aliphatic rings. The van der Waals surface area contributed by atoms with Crippen LogP contribution in [0.1, 0.15) is 16.8 Å². The first kappa shape index (κ1) is 12.0. The van der Waals surface area contributed by atoms with Crippen LogP contribution in [0.4, 0.5) is 10.2 Å². The molecule has 0 radical (unpaired) electrons. The number of terminal acetylenes is 1. The fraction of sp³-hybridized carbons (Fsp3) is 0.273. The quantitative estimate of drug-likeness (QED) is 0.782. The molecule has 0 aromatic carbocycles. The molecule has 84 valence electrons. The summed E-state index contributed by atoms with van der Waals surface area (Å²) in [6.45, 7) is 0.468. The van der Waals surface area contributed by atoms with E-state index in [9.17, 15) is 9.18 Å². The van der Waals surface area contributed by atoms with Crippen LogP contribution in [-0.2, 0) is 0 Å². The van der Waals surface area contributed by atoms with E-state index in [4.69, 9.17) is 11.5 Å². The lowest BCUT2D eigenvalue weighted by Crippen LogP contribution is -2.22. The molecule has 0 unspecified atom stereocenters. The molecule has 1 rings (SSSR count). The van der Waals surface area contributed by atoms with Crippen molar-refractivity contribution >= 4 is 11.8 Å². The molecule has 0 aliphatic heterocycles. The molecular weight excluding hydrogens is 211 g/mol. The van der Waals surface area contributed by atoms with Gasteiger partial charge in [-0.1, -0.05) is 0 Å². The van der Waals surface area contributed by atoms with Crippen LogP contribution < -0.4 is 4.90 Å². The van der Waals surface area contributed by atoms with Gasteiger partial charge in [-0.25, -0.2) is 14.2 Å². The van der Waals surface area contributed by atoms with Crippen LogP contribution >= 0.6 is 0 Å². The summed E-state index contributed by atoms with van der Waals surface area (Å²) in [6, 6.07) is 0.942. The zero-order valence-corrected chi connectivity index (χ0v) is 8.77. The molecule has 1 aromatic rings. The number of hydrogen-bond acceptors (Lipinski definition) is 3. The maximum absolute atomic E-state index is 12.8. The summed E-state index contributed by atoms with van der Waals surface area (Å²) >= 11 is 0. The molecule has 0 saturated carbocycles. The van der Waals surface area contributed by atoms with Gasteiger partial charge in [-0.15, -0.1) is 12.3 Å². The lowest BCUT2D eigenvalue weighted by Gasteiger charge is -2.18. The van der Waals surface area contributed by atoms with E-state index in [1.165, 1.54) is 0 Å². The highest BCUT2D eigenvalue weighted by atomic mass is 19.1. The molecule has 1 N–H and O–H groups in total. The minimum absolute atomic E-state index is 0.167. The van der Waals surface area contributed by atoms with Crippen molar-refractivity contribution < 1.29 is 14.3 Å². The third-order valence-electron chi connectivity index (χ3n) is 2.02. The predicted octanol–water partition coefficient (Wildman–Crippen LogP) is 1.38. The smallest absolute Gasteiger partial charge is 0.339 e. The molecule has 1 aromatic heterocycles. The second-order valence-corrected chi connectivity index (χ2v) is 3.21. The zero-order valence-electron chi connectivity index (χ0n) is 8.77. The summed E-state index contributed by atoms with van der Waals surface area (Å²) in [5, 5.41) is 8.89. The number of aromatic nitrogens is 1. The van der Waals surface area contributed by atoms with E-state index in [0.717, 1.165) is 12.3 Å². The van der Waals surface area contributed by atoms with Crippen LogP contribution in [0.3, 0.4) is 0 Å². The number of aromatic carboxylic acids is 1. The van der Waals surface area contributed by atoms with Gasteiger partial charge in [0.2, 0.25) is 0 Å². The van der Waals surface area contributed by atoms with Crippen LogP contribution in [0.25, 0.3) is 0 Å². The van der Waals surface area contributed by atoms with E-state index < -0.39 is 11.8 Å². The number of nitrogens with zero attached hydrogens (tertiary/aromatic N) is 2. The van der Waals surface area contributed by atoms with Crippen molar-refractivity contribution in [2.45, 2.75) is 6.42 Å². The third kappa shape index (κ3) is 2.70. The zero-order chi connectivity index (χ0) is 12.1. The van der Waals surface area contributed by atoms with Gasteiger partial charge in [-0.05, 0) is 6.07 Å². The van der Waals surface area contributed by atoms with Crippen LogP contribution in [0, 0.1) is 18.2 Å². The summed E-state index contributed by atoms with van der Waals surface area (Å²) in [5.41, 5.74) is -0.167. The SMILES string of the molecule is C#CCCN(C)c1ncc(F)cc1C(=O)O. The van der Waals surface area contributed by atoms with Crippen molar-refractivity contribution in [3.63, 3.8) is 0 Å². The Hall–Kier alpha value is -2.09. The number of anilines is 1. The third-order valence-corrected chi connectivity index (χ3v) is 2.02. The summed E-state index contributed by atoms with van der Waals surface area (Å²) in [6.07, 6.45) is 6.55. The molecule has 16 heavy (non-hydrogen) atoms. The Labute approximate surface area is 92.7 Å². The standard InChI is InChI=1S/C11H11FN2O2/c1-3-4-5-14(2)10-9(11(15)16)6-8(12)7-13-10/h1,6-7H,4-5H2,2H3,(H,15,16). The lowest BCUT2D eigenvalue weighted by molar-refractivity contribution is 0.0696. The average molecular weight is 222 g/mol. The van der Waals surface area contributed by atoms with Crippen molar-refractivity contribution in [1.82, 2.24) is 4.98 Å². The van der Waals surface area contributed by atoms with Gasteiger partial charge in [0, 0.05) is 20.0 Å². The summed E-state index contributed by atoms with van der Waals surface area (Å²) in [7, 11) is 1.66. The van der Waals surface area contributed by atoms with Crippen molar-refractivity contribution in [3.05, 3.63) is 23.6 Å². The molecule has 4 nitrogen and oxygen atoms in total. The number of rotatable bonds is 4. The number of hydrogen-bond donors (Lipinski definition) is 1. The van der Waals surface area contributed by atoms with Gasteiger partial charge in [0.25, 0.3) is 0 Å². The van der Waals surface area contributed by atoms with Gasteiger partial charge in [-0.2, -0.15) is 0 Å². The normalized spacial score (nSPS) is 9.56. The monoisotopic (exact) mass is 222 g/mol. The molecule has 0 bridgehead atoms. The van der Waals surface area contributed by atoms with E-state index in [-0.39, 0.29) is 11.4 Å². The van der Waals surface area contributed by atoms with Gasteiger partial charge < -0.3 is 10.0 Å². The van der Waals surface area contributed by atoms with Gasteiger partial charge in [0.05, 0.1) is 6.20 Å². The number of carboxylic acid groups (broad SMARTS) is 1. The van der Waals surface area contributed by atoms with Crippen LogP contribution in [0.5, 0.6) is 0 Å². The molecule has 1 heterocycles. The number of carbonyl (C=O) groups is 1. The Morgan fingerprint density at radius 3 is 3.00 bits per heavy atom. The highest BCUT2D eigenvalue weighted by molar-refractivity contribution is 5.93. The second kappa shape index (κ2) is 5.12. The van der Waals surface area contributed by atoms with Gasteiger partial charge in [-0.3, -0.25) is 0 Å². The summed E-state index contributed by atoms with van der Waals surface area (Å²) in [5.74, 6) is 0.762. The van der Waals surface area contributed by atoms with Crippen molar-refractivity contribution in [2.24, 2.45) is 0 Å². The molecule has 0 spiro atoms. The predicted molar refractivity (Wildman–Crippen MR) is 57.9 cm³/mol. The summed E-state index contributed by atoms with van der Waals surface area (Å²) in [4.78, 5) is 16.2. The minimum Gasteiger partial charge on any atom is -0.478 e. The van der Waals surface area contributed by atoms with Crippen LogP contribution in [-0.4, -0.2) is 29.7 Å². The van der Waals surface area contributed by atoms with E-state index in [2.05, 4.69) is 10.9 Å². The molecule has 0 amide bonds. The Kier molecular flexibility index (Phi) is 3.84. The number of pyridine rings is 1. The average Bonchev–Trinajstić information content (AvgIpc) is 2.25. The largest absolute Gasteiger partial charge is 0.478 e. The van der Waals surface area contributed by atoms with Crippen molar-refractivity contribution in [3.8, 4) is 12.3 Å². The van der Waals surface area contributed by atoms with E-state index in [1.54, 1.807) is 11.9 Å². The Bertz CT molecular complexity index is 440. The van der Waals surface area contributed by atoms with Crippen molar-refractivity contribution in [2.75, 3.05) is 18.5 Å². The van der Waals surface area contributed by atoms with Crippen LogP contribution in [0.15, 0.2) is 12.3 Å². The Morgan fingerprint density at radius 1 is 1.75 bits per heavy atom. The second-order valence-electron chi connectivity index (χ2n) is 3.21. The first-order valence-corrected chi connectivity index (χ1v) is 4.59. The van der Waals surface area contributed by atoms with Gasteiger partial charge >= 0.3 is 5.97 Å². The topological polar surface area (TPSA) is 53.4 Å². The number of halogens is 1. The highest BCUT2D eigenvalue weighted by Crippen LogP contribution is 2.17. The van der Waals surface area contributed by atoms with Crippen molar-refractivity contribution in [1.29, 1.82) is 0 Å². The molecule has 0 saturated heterocycles. The van der Waals surface area contributed by atoms with Gasteiger partial charge in [0.15, 0.2) is 0 Å². The minimum atomic E-state index is -1.21. The summed E-state index contributed by atoms with van der Waals surface area (Å²) < 4.78 is 12.8. The molecule has 0 aliphatic carbocycles. The fourth-order valence-corrected chi connectivity index (χ4v) is 1.23. The van der Waals surface area contributed by atoms with Crippen LogP contribution in [0.2, 0.25) is 0 Å². The number of carboxylic acids is 1. The lowest BCUT2D eigenvalue weighted by atomic mass is 10.2. The van der Waals surface area contributed by atoms with E-state index >= 15 is 0 Å².